The van der Waals surface area contributed by atoms with Crippen LogP contribution in [0.15, 0.2) is 21.1 Å². The molecule has 0 spiro atoms. The van der Waals surface area contributed by atoms with Crippen molar-refractivity contribution in [2.45, 2.75) is 31.8 Å². The van der Waals surface area contributed by atoms with Gasteiger partial charge in [-0.25, -0.2) is 0 Å². The summed E-state index contributed by atoms with van der Waals surface area (Å²) in [6.45, 7) is 0. The van der Waals surface area contributed by atoms with Crippen LogP contribution in [0, 0.1) is 0 Å². The van der Waals surface area contributed by atoms with E-state index in [1.54, 1.807) is 18.4 Å². The van der Waals surface area contributed by atoms with Crippen LogP contribution in [0.25, 0.3) is 0 Å². The second-order valence-electron chi connectivity index (χ2n) is 5.98. The summed E-state index contributed by atoms with van der Waals surface area (Å²) in [6.07, 6.45) is 4.16. The number of hydrogen-bond acceptors (Lipinski definition) is 4. The third-order valence-electron chi connectivity index (χ3n) is 4.50. The number of fused-ring (bicyclic) bond motifs is 3. The Balaban J connectivity index is 1.76. The van der Waals surface area contributed by atoms with Crippen molar-refractivity contribution in [2.24, 2.45) is 0 Å². The van der Waals surface area contributed by atoms with E-state index in [1.165, 1.54) is 23.3 Å². The summed E-state index contributed by atoms with van der Waals surface area (Å²) in [5.74, 6) is 0.729. The van der Waals surface area contributed by atoms with E-state index in [4.69, 9.17) is 4.74 Å². The fourth-order valence-corrected chi connectivity index (χ4v) is 6.18. The molecule has 1 aliphatic carbocycles. The lowest BCUT2D eigenvalue weighted by molar-refractivity contribution is 0.0935. The number of aryl methyl sites for hydroxylation is 1. The zero-order valence-electron chi connectivity index (χ0n) is 13.0. The molecule has 0 saturated heterocycles. The van der Waals surface area contributed by atoms with E-state index >= 15 is 0 Å². The molecular formula is C17H16Br2N2O2S. The van der Waals surface area contributed by atoms with Gasteiger partial charge in [0.1, 0.15) is 16.9 Å². The fraction of sp³-hybridized carbons (Fsp3) is 0.353. The Labute approximate surface area is 161 Å². The average Bonchev–Trinajstić information content (AvgIpc) is 2.93. The topological polar surface area (TPSA) is 50.4 Å². The van der Waals surface area contributed by atoms with E-state index < -0.39 is 0 Å². The first-order chi connectivity index (χ1) is 11.6. The lowest BCUT2D eigenvalue weighted by atomic mass is 9.94. The van der Waals surface area contributed by atoms with E-state index in [9.17, 15) is 4.79 Å². The molecule has 2 heterocycles. The number of thiophene rings is 1. The number of nitrogens with one attached hydrogen (secondary N) is 2. The lowest BCUT2D eigenvalue weighted by Gasteiger charge is -2.28. The maximum atomic E-state index is 12.8. The first kappa shape index (κ1) is 16.4. The molecule has 1 aliphatic heterocycles. The van der Waals surface area contributed by atoms with Crippen LogP contribution in [0.5, 0.6) is 5.75 Å². The molecule has 1 amide bonds. The van der Waals surface area contributed by atoms with Gasteiger partial charge in [-0.15, -0.1) is 11.3 Å². The van der Waals surface area contributed by atoms with E-state index in [0.29, 0.717) is 0 Å². The highest BCUT2D eigenvalue weighted by Crippen LogP contribution is 2.43. The normalized spacial score (nSPS) is 19.1. The molecule has 2 aromatic rings. The van der Waals surface area contributed by atoms with Crippen LogP contribution in [-0.4, -0.2) is 13.0 Å². The number of halogens is 2. The number of rotatable bonds is 2. The predicted molar refractivity (Wildman–Crippen MR) is 103 cm³/mol. The molecule has 2 aliphatic rings. The Morgan fingerprint density at radius 1 is 1.21 bits per heavy atom. The molecule has 1 atom stereocenters. The molecule has 7 heteroatoms. The van der Waals surface area contributed by atoms with Gasteiger partial charge in [-0.1, -0.05) is 15.9 Å². The molecule has 0 saturated carbocycles. The second kappa shape index (κ2) is 6.35. The van der Waals surface area contributed by atoms with Crippen molar-refractivity contribution in [3.05, 3.63) is 42.6 Å². The van der Waals surface area contributed by atoms with Crippen LogP contribution >= 0.6 is 43.2 Å². The molecule has 126 valence electrons. The number of carbonyl (C=O) groups is 1. The highest BCUT2D eigenvalue weighted by Gasteiger charge is 2.33. The minimum absolute atomic E-state index is 0.00583. The highest BCUT2D eigenvalue weighted by molar-refractivity contribution is 9.11. The van der Waals surface area contributed by atoms with Crippen molar-refractivity contribution in [2.75, 3.05) is 12.4 Å². The molecular weight excluding hydrogens is 456 g/mol. The first-order valence-electron chi connectivity index (χ1n) is 7.83. The minimum atomic E-state index is -0.311. The summed E-state index contributed by atoms with van der Waals surface area (Å²) in [6, 6.07) is 3.91. The van der Waals surface area contributed by atoms with E-state index in [1.807, 2.05) is 12.1 Å². The molecule has 0 fully saturated rings. The molecule has 1 aromatic heterocycles. The number of ether oxygens (including phenoxy) is 1. The Bertz CT molecular complexity index is 834. The van der Waals surface area contributed by atoms with Gasteiger partial charge >= 0.3 is 0 Å². The molecule has 4 nitrogen and oxygen atoms in total. The number of carbonyl (C=O) groups excluding carboxylic acids is 1. The standard InChI is InChI=1S/C17H16Br2N2O2S/c1-23-14-10(6-8(18)7-11(14)19)15-20-16(22)13-9-4-2-3-5-12(9)24-17(13)21-15/h6-7,15,21H,2-5H2,1H3,(H,20,22). The Hall–Kier alpha value is -1.05. The predicted octanol–water partition coefficient (Wildman–Crippen LogP) is 5.01. The van der Waals surface area contributed by atoms with Gasteiger partial charge in [0.25, 0.3) is 5.91 Å². The number of anilines is 1. The fourth-order valence-electron chi connectivity index (χ4n) is 3.44. The van der Waals surface area contributed by atoms with Crippen molar-refractivity contribution < 1.29 is 9.53 Å². The molecule has 1 unspecified atom stereocenters. The second-order valence-corrected chi connectivity index (χ2v) is 8.85. The average molecular weight is 472 g/mol. The Kier molecular flexibility index (Phi) is 4.34. The summed E-state index contributed by atoms with van der Waals surface area (Å²) in [4.78, 5) is 14.1. The molecule has 1 aromatic carbocycles. The lowest BCUT2D eigenvalue weighted by Crippen LogP contribution is -2.38. The maximum absolute atomic E-state index is 12.8. The largest absolute Gasteiger partial charge is 0.495 e. The van der Waals surface area contributed by atoms with Crippen LogP contribution in [0.4, 0.5) is 5.00 Å². The van der Waals surface area contributed by atoms with E-state index in [2.05, 4.69) is 42.5 Å². The van der Waals surface area contributed by atoms with Crippen LogP contribution in [0.1, 0.15) is 45.4 Å². The third kappa shape index (κ3) is 2.66. The van der Waals surface area contributed by atoms with Gasteiger partial charge in [-0.2, -0.15) is 0 Å². The van der Waals surface area contributed by atoms with Crippen molar-refractivity contribution >= 4 is 54.1 Å². The van der Waals surface area contributed by atoms with Gasteiger partial charge in [-0.05, 0) is 59.3 Å². The summed E-state index contributed by atoms with van der Waals surface area (Å²) in [5, 5.41) is 7.56. The quantitative estimate of drug-likeness (QED) is 0.646. The zero-order chi connectivity index (χ0) is 16.8. The van der Waals surface area contributed by atoms with Gasteiger partial charge < -0.3 is 15.4 Å². The number of hydrogen-bond donors (Lipinski definition) is 2. The van der Waals surface area contributed by atoms with Crippen molar-refractivity contribution in [1.82, 2.24) is 5.32 Å². The zero-order valence-corrected chi connectivity index (χ0v) is 17.0. The van der Waals surface area contributed by atoms with Gasteiger partial charge in [-0.3, -0.25) is 4.79 Å². The van der Waals surface area contributed by atoms with Crippen molar-refractivity contribution in [1.29, 1.82) is 0 Å². The first-order valence-corrected chi connectivity index (χ1v) is 10.2. The third-order valence-corrected chi connectivity index (χ3v) is 6.77. The van der Waals surface area contributed by atoms with Crippen LogP contribution < -0.4 is 15.4 Å². The van der Waals surface area contributed by atoms with Crippen LogP contribution in [0.3, 0.4) is 0 Å². The van der Waals surface area contributed by atoms with Crippen molar-refractivity contribution in [3.8, 4) is 5.75 Å². The molecule has 0 radical (unpaired) electrons. The van der Waals surface area contributed by atoms with Crippen LogP contribution in [-0.2, 0) is 12.8 Å². The smallest absolute Gasteiger partial charge is 0.256 e. The van der Waals surface area contributed by atoms with Gasteiger partial charge in [0.15, 0.2) is 0 Å². The highest BCUT2D eigenvalue weighted by atomic mass is 79.9. The molecule has 24 heavy (non-hydrogen) atoms. The summed E-state index contributed by atoms with van der Waals surface area (Å²) in [7, 11) is 1.64. The Morgan fingerprint density at radius 2 is 2.00 bits per heavy atom. The van der Waals surface area contributed by atoms with E-state index in [-0.39, 0.29) is 12.1 Å². The molecule has 0 bridgehead atoms. The van der Waals surface area contributed by atoms with Crippen LogP contribution in [0.2, 0.25) is 0 Å². The number of methoxy groups -OCH3 is 1. The van der Waals surface area contributed by atoms with Crippen molar-refractivity contribution in [3.63, 3.8) is 0 Å². The van der Waals surface area contributed by atoms with Gasteiger partial charge in [0, 0.05) is 14.9 Å². The molecule has 4 rings (SSSR count). The Morgan fingerprint density at radius 3 is 2.79 bits per heavy atom. The monoisotopic (exact) mass is 470 g/mol. The maximum Gasteiger partial charge on any atom is 0.256 e. The van der Waals surface area contributed by atoms with Gasteiger partial charge in [0.05, 0.1) is 17.1 Å². The summed E-state index contributed by atoms with van der Waals surface area (Å²) in [5.41, 5.74) is 2.98. The number of amides is 1. The SMILES string of the molecule is COc1c(Br)cc(Br)cc1C1NC(=O)c2c(sc3c2CCCC3)N1. The van der Waals surface area contributed by atoms with E-state index in [0.717, 1.165) is 43.7 Å². The summed E-state index contributed by atoms with van der Waals surface area (Å²) < 4.78 is 7.31. The minimum Gasteiger partial charge on any atom is -0.495 e. The summed E-state index contributed by atoms with van der Waals surface area (Å²) >= 11 is 8.76. The van der Waals surface area contributed by atoms with Gasteiger partial charge in [0.2, 0.25) is 0 Å². The molecule has 2 N–H and O–H groups in total. The number of benzene rings is 1.